The van der Waals surface area contributed by atoms with Crippen LogP contribution in [0.3, 0.4) is 0 Å². The van der Waals surface area contributed by atoms with Crippen molar-refractivity contribution < 1.29 is 14.6 Å². The van der Waals surface area contributed by atoms with Gasteiger partial charge >= 0.3 is 0 Å². The summed E-state index contributed by atoms with van der Waals surface area (Å²) in [5.74, 6) is -0.392. The molecule has 3 aromatic rings. The first-order valence-electron chi connectivity index (χ1n) is 7.18. The molecule has 1 aromatic heterocycles. The van der Waals surface area contributed by atoms with Gasteiger partial charge in [0.1, 0.15) is 12.4 Å². The lowest BCUT2D eigenvalue weighted by Gasteiger charge is -2.07. The second-order valence-electron chi connectivity index (χ2n) is 5.01. The van der Waals surface area contributed by atoms with E-state index in [-0.39, 0.29) is 4.88 Å². The lowest BCUT2D eigenvalue weighted by atomic mass is 10.1. The van der Waals surface area contributed by atoms with Crippen LogP contribution >= 0.6 is 11.3 Å². The van der Waals surface area contributed by atoms with Gasteiger partial charge in [0.2, 0.25) is 0 Å². The van der Waals surface area contributed by atoms with Crippen LogP contribution < -0.4 is 15.2 Å². The average molecular weight is 327 g/mol. The number of nitrogens with zero attached hydrogens (tertiary/aromatic N) is 1. The minimum atomic E-state index is -1.19. The highest BCUT2D eigenvalue weighted by Crippen LogP contribution is 2.22. The summed E-state index contributed by atoms with van der Waals surface area (Å²) < 4.78 is 5.71. The molecule has 0 atom stereocenters. The summed E-state index contributed by atoms with van der Waals surface area (Å²) in [7, 11) is 0. The van der Waals surface area contributed by atoms with Gasteiger partial charge in [-0.3, -0.25) is 0 Å². The summed E-state index contributed by atoms with van der Waals surface area (Å²) in [6.45, 7) is 2.64. The first kappa shape index (κ1) is 15.3. The Morgan fingerprint density at radius 1 is 1.26 bits per heavy atom. The van der Waals surface area contributed by atoms with Crippen LogP contribution in [0.5, 0.6) is 5.75 Å². The maximum absolute atomic E-state index is 10.9. The van der Waals surface area contributed by atoms with Crippen LogP contribution in [0, 0.1) is 6.92 Å². The van der Waals surface area contributed by atoms with Gasteiger partial charge in [-0.15, -0.1) is 0 Å². The van der Waals surface area contributed by atoms with Crippen molar-refractivity contribution >= 4 is 33.2 Å². The first-order chi connectivity index (χ1) is 11.1. The van der Waals surface area contributed by atoms with E-state index in [4.69, 9.17) is 4.74 Å². The van der Waals surface area contributed by atoms with Crippen molar-refractivity contribution in [2.75, 3.05) is 18.5 Å². The third-order valence-electron chi connectivity index (χ3n) is 3.35. The van der Waals surface area contributed by atoms with Crippen molar-refractivity contribution in [1.29, 1.82) is 0 Å². The summed E-state index contributed by atoms with van der Waals surface area (Å²) in [5, 5.41) is 16.8. The number of carboxylic acids is 1. The molecule has 0 amide bonds. The number of aromatic carboxylic acids is 1. The number of anilines is 1. The Labute approximate surface area is 137 Å². The number of carbonyl (C=O) groups is 1. The van der Waals surface area contributed by atoms with Crippen LogP contribution in [0.4, 0.5) is 5.13 Å². The molecule has 0 radical (unpaired) electrons. The molecule has 6 heteroatoms. The number of hydrogen-bond donors (Lipinski definition) is 1. The average Bonchev–Trinajstić information content (AvgIpc) is 2.92. The predicted molar refractivity (Wildman–Crippen MR) is 89.1 cm³/mol. The monoisotopic (exact) mass is 327 g/mol. The van der Waals surface area contributed by atoms with E-state index in [0.29, 0.717) is 24.0 Å². The summed E-state index contributed by atoms with van der Waals surface area (Å²) in [6.07, 6.45) is 0. The normalized spacial score (nSPS) is 10.7. The third-order valence-corrected chi connectivity index (χ3v) is 4.45. The second kappa shape index (κ2) is 6.66. The number of ether oxygens (including phenoxy) is 1. The SMILES string of the molecule is Cc1nc(NCCOc2ccc3ccccc3c2)sc1C(=O)[O-]. The van der Waals surface area contributed by atoms with E-state index >= 15 is 0 Å². The van der Waals surface area contributed by atoms with Crippen molar-refractivity contribution in [3.63, 3.8) is 0 Å². The number of nitrogens with one attached hydrogen (secondary N) is 1. The highest BCUT2D eigenvalue weighted by atomic mass is 32.1. The molecule has 0 spiro atoms. The minimum Gasteiger partial charge on any atom is -0.544 e. The molecule has 3 rings (SSSR count). The van der Waals surface area contributed by atoms with Crippen molar-refractivity contribution in [2.45, 2.75) is 6.92 Å². The van der Waals surface area contributed by atoms with Gasteiger partial charge in [0.15, 0.2) is 5.13 Å². The smallest absolute Gasteiger partial charge is 0.183 e. The van der Waals surface area contributed by atoms with E-state index in [9.17, 15) is 9.90 Å². The quantitative estimate of drug-likeness (QED) is 0.704. The van der Waals surface area contributed by atoms with Crippen molar-refractivity contribution in [1.82, 2.24) is 4.98 Å². The van der Waals surface area contributed by atoms with E-state index in [1.165, 1.54) is 5.39 Å². The van der Waals surface area contributed by atoms with Crippen molar-refractivity contribution in [3.8, 4) is 5.75 Å². The number of benzene rings is 2. The second-order valence-corrected chi connectivity index (χ2v) is 6.00. The zero-order valence-corrected chi connectivity index (χ0v) is 13.4. The van der Waals surface area contributed by atoms with Gasteiger partial charge in [-0.25, -0.2) is 4.98 Å². The Hall–Kier alpha value is -2.60. The number of fused-ring (bicyclic) bond motifs is 1. The lowest BCUT2D eigenvalue weighted by Crippen LogP contribution is -2.21. The number of carboxylic acid groups (broad SMARTS) is 1. The minimum absolute atomic E-state index is 0.156. The standard InChI is InChI=1S/C17H16N2O3S/c1-11-15(16(20)21)23-17(19-11)18-8-9-22-14-7-6-12-4-2-3-5-13(12)10-14/h2-7,10H,8-9H2,1H3,(H,18,19)(H,20,21)/p-1. The predicted octanol–water partition coefficient (Wildman–Crippen LogP) is 2.46. The van der Waals surface area contributed by atoms with Crippen LogP contribution in [0.2, 0.25) is 0 Å². The highest BCUT2D eigenvalue weighted by molar-refractivity contribution is 7.17. The number of thiazole rings is 1. The molecular weight excluding hydrogens is 312 g/mol. The molecule has 0 saturated heterocycles. The van der Waals surface area contributed by atoms with E-state index in [0.717, 1.165) is 22.5 Å². The van der Waals surface area contributed by atoms with Crippen LogP contribution in [0.1, 0.15) is 15.4 Å². The van der Waals surface area contributed by atoms with Crippen molar-refractivity contribution in [3.05, 3.63) is 53.0 Å². The molecule has 0 fully saturated rings. The van der Waals surface area contributed by atoms with E-state index in [2.05, 4.69) is 16.4 Å². The molecule has 0 bridgehead atoms. The summed E-state index contributed by atoms with van der Waals surface area (Å²) in [6, 6.07) is 14.0. The van der Waals surface area contributed by atoms with Gasteiger partial charge in [0.25, 0.3) is 0 Å². The van der Waals surface area contributed by atoms with Gasteiger partial charge in [-0.1, -0.05) is 41.7 Å². The summed E-state index contributed by atoms with van der Waals surface area (Å²) >= 11 is 1.08. The van der Waals surface area contributed by atoms with Crippen LogP contribution in [0.15, 0.2) is 42.5 Å². The molecule has 23 heavy (non-hydrogen) atoms. The fraction of sp³-hybridized carbons (Fsp3) is 0.176. The molecule has 0 aliphatic heterocycles. The fourth-order valence-corrected chi connectivity index (χ4v) is 3.07. The Morgan fingerprint density at radius 2 is 2.04 bits per heavy atom. The zero-order valence-electron chi connectivity index (χ0n) is 12.5. The van der Waals surface area contributed by atoms with Crippen LogP contribution in [0.25, 0.3) is 10.8 Å². The van der Waals surface area contributed by atoms with Crippen LogP contribution in [-0.2, 0) is 0 Å². The molecule has 0 aliphatic carbocycles. The molecular formula is C17H15N2O3S-. The fourth-order valence-electron chi connectivity index (χ4n) is 2.25. The number of carbonyl (C=O) groups excluding carboxylic acids is 1. The van der Waals surface area contributed by atoms with Gasteiger partial charge in [-0.05, 0) is 29.8 Å². The number of rotatable bonds is 6. The molecule has 1 heterocycles. The van der Waals surface area contributed by atoms with E-state index in [1.54, 1.807) is 6.92 Å². The maximum Gasteiger partial charge on any atom is 0.183 e. The summed E-state index contributed by atoms with van der Waals surface area (Å²) in [5.41, 5.74) is 0.466. The molecule has 2 aromatic carbocycles. The lowest BCUT2D eigenvalue weighted by molar-refractivity contribution is -0.254. The number of aromatic nitrogens is 1. The molecule has 0 unspecified atom stereocenters. The Kier molecular flexibility index (Phi) is 4.43. The Morgan fingerprint density at radius 3 is 2.78 bits per heavy atom. The van der Waals surface area contributed by atoms with Gasteiger partial charge in [0, 0.05) is 0 Å². The summed E-state index contributed by atoms with van der Waals surface area (Å²) in [4.78, 5) is 15.2. The number of aryl methyl sites for hydroxylation is 1. The van der Waals surface area contributed by atoms with Gasteiger partial charge < -0.3 is 20.0 Å². The topological polar surface area (TPSA) is 74.3 Å². The van der Waals surface area contributed by atoms with Gasteiger partial charge in [-0.2, -0.15) is 0 Å². The largest absolute Gasteiger partial charge is 0.544 e. The van der Waals surface area contributed by atoms with Crippen LogP contribution in [-0.4, -0.2) is 24.1 Å². The Balaban J connectivity index is 1.54. The number of hydrogen-bond acceptors (Lipinski definition) is 6. The van der Waals surface area contributed by atoms with Gasteiger partial charge in [0.05, 0.1) is 23.1 Å². The maximum atomic E-state index is 10.9. The van der Waals surface area contributed by atoms with Crippen molar-refractivity contribution in [2.24, 2.45) is 0 Å². The molecule has 118 valence electrons. The molecule has 5 nitrogen and oxygen atoms in total. The zero-order chi connectivity index (χ0) is 16.2. The highest BCUT2D eigenvalue weighted by Gasteiger charge is 2.07. The van der Waals surface area contributed by atoms with E-state index < -0.39 is 5.97 Å². The molecule has 1 N–H and O–H groups in total. The molecule has 0 aliphatic rings. The molecule has 0 saturated carbocycles. The van der Waals surface area contributed by atoms with E-state index in [1.807, 2.05) is 36.4 Å². The third kappa shape index (κ3) is 3.60. The first-order valence-corrected chi connectivity index (χ1v) is 7.99. The Bertz CT molecular complexity index is 845.